The van der Waals surface area contributed by atoms with E-state index in [2.05, 4.69) is 27.8 Å². The van der Waals surface area contributed by atoms with Crippen molar-refractivity contribution in [3.05, 3.63) is 40.9 Å². The number of hydrogen-bond acceptors (Lipinski definition) is 4. The monoisotopic (exact) mass is 343 g/mol. The highest BCUT2D eigenvalue weighted by Gasteiger charge is 2.20. The van der Waals surface area contributed by atoms with Crippen molar-refractivity contribution in [2.75, 3.05) is 0 Å². The predicted molar refractivity (Wildman–Crippen MR) is 99.0 cm³/mol. The van der Waals surface area contributed by atoms with Gasteiger partial charge in [0, 0.05) is 23.0 Å². The van der Waals surface area contributed by atoms with Crippen LogP contribution in [0.2, 0.25) is 0 Å². The Kier molecular flexibility index (Phi) is 5.63. The molecule has 1 aromatic heterocycles. The summed E-state index contributed by atoms with van der Waals surface area (Å²) in [5, 5.41) is 7.52. The first-order chi connectivity index (χ1) is 11.6. The highest BCUT2D eigenvalue weighted by Crippen LogP contribution is 2.27. The topological polar surface area (TPSA) is 54.0 Å². The quantitative estimate of drug-likeness (QED) is 0.842. The zero-order valence-corrected chi connectivity index (χ0v) is 15.2. The standard InChI is InChI=1S/C19H25N3OS/c1-13-17(24-19(21-13)15-8-4-3-5-9-15)12-20-14(2)18(23)22-16-10-6-7-11-16/h3-5,8-9,14,16,20H,6-7,10-12H2,1-2H3,(H,22,23). The molecule has 1 saturated carbocycles. The van der Waals surface area contributed by atoms with Gasteiger partial charge in [0.15, 0.2) is 0 Å². The van der Waals surface area contributed by atoms with Gasteiger partial charge in [0.25, 0.3) is 0 Å². The maximum atomic E-state index is 12.2. The molecule has 0 aliphatic heterocycles. The molecule has 1 aromatic carbocycles. The van der Waals surface area contributed by atoms with Gasteiger partial charge in [-0.3, -0.25) is 4.79 Å². The molecular formula is C19H25N3OS. The second-order valence-corrected chi connectivity index (χ2v) is 7.57. The van der Waals surface area contributed by atoms with Gasteiger partial charge < -0.3 is 10.6 Å². The Morgan fingerprint density at radius 2 is 2.00 bits per heavy atom. The average molecular weight is 343 g/mol. The lowest BCUT2D eigenvalue weighted by Gasteiger charge is -2.17. The number of amides is 1. The van der Waals surface area contributed by atoms with Crippen LogP contribution in [0.25, 0.3) is 10.6 Å². The number of rotatable bonds is 6. The molecule has 1 heterocycles. The molecule has 0 spiro atoms. The van der Waals surface area contributed by atoms with Crippen LogP contribution in [0, 0.1) is 6.92 Å². The fourth-order valence-electron chi connectivity index (χ4n) is 3.03. The summed E-state index contributed by atoms with van der Waals surface area (Å²) in [6, 6.07) is 10.4. The van der Waals surface area contributed by atoms with Gasteiger partial charge in [0.2, 0.25) is 5.91 Å². The summed E-state index contributed by atoms with van der Waals surface area (Å²) in [5.74, 6) is 0.104. The van der Waals surface area contributed by atoms with Crippen molar-refractivity contribution >= 4 is 17.2 Å². The number of nitrogens with zero attached hydrogens (tertiary/aromatic N) is 1. The molecule has 128 valence electrons. The Balaban J connectivity index is 1.56. The van der Waals surface area contributed by atoms with Crippen LogP contribution in [0.5, 0.6) is 0 Å². The van der Waals surface area contributed by atoms with Crippen molar-refractivity contribution in [2.24, 2.45) is 0 Å². The van der Waals surface area contributed by atoms with Crippen molar-refractivity contribution in [2.45, 2.75) is 58.2 Å². The average Bonchev–Trinajstić information content (AvgIpc) is 3.23. The molecule has 1 unspecified atom stereocenters. The van der Waals surface area contributed by atoms with Gasteiger partial charge in [0.1, 0.15) is 5.01 Å². The van der Waals surface area contributed by atoms with Gasteiger partial charge in [-0.25, -0.2) is 4.98 Å². The summed E-state index contributed by atoms with van der Waals surface area (Å²) in [4.78, 5) is 18.1. The number of aryl methyl sites for hydroxylation is 1. The second kappa shape index (κ2) is 7.90. The molecule has 24 heavy (non-hydrogen) atoms. The lowest BCUT2D eigenvalue weighted by molar-refractivity contribution is -0.123. The summed E-state index contributed by atoms with van der Waals surface area (Å²) in [6.45, 7) is 4.64. The van der Waals surface area contributed by atoms with Crippen molar-refractivity contribution in [1.29, 1.82) is 0 Å². The molecule has 1 amide bonds. The smallest absolute Gasteiger partial charge is 0.237 e. The highest BCUT2D eigenvalue weighted by molar-refractivity contribution is 7.15. The first-order valence-electron chi connectivity index (χ1n) is 8.69. The molecule has 1 fully saturated rings. The number of carbonyl (C=O) groups is 1. The molecule has 0 saturated heterocycles. The summed E-state index contributed by atoms with van der Waals surface area (Å²) >= 11 is 1.69. The summed E-state index contributed by atoms with van der Waals surface area (Å²) in [6.07, 6.45) is 4.70. The van der Waals surface area contributed by atoms with E-state index >= 15 is 0 Å². The molecular weight excluding hydrogens is 318 g/mol. The lowest BCUT2D eigenvalue weighted by atomic mass is 10.2. The minimum atomic E-state index is -0.188. The molecule has 1 aliphatic rings. The van der Waals surface area contributed by atoms with Crippen molar-refractivity contribution < 1.29 is 4.79 Å². The van der Waals surface area contributed by atoms with Gasteiger partial charge in [0.05, 0.1) is 11.7 Å². The molecule has 3 rings (SSSR count). The van der Waals surface area contributed by atoms with E-state index in [9.17, 15) is 4.79 Å². The van der Waals surface area contributed by atoms with Crippen molar-refractivity contribution in [1.82, 2.24) is 15.6 Å². The van der Waals surface area contributed by atoms with E-state index in [4.69, 9.17) is 0 Å². The first kappa shape index (κ1) is 17.1. The SMILES string of the molecule is Cc1nc(-c2ccccc2)sc1CNC(C)C(=O)NC1CCCC1. The Morgan fingerprint density at radius 1 is 1.29 bits per heavy atom. The third kappa shape index (κ3) is 4.22. The molecule has 1 atom stereocenters. The Bertz CT molecular complexity index is 677. The van der Waals surface area contributed by atoms with Crippen LogP contribution in [0.4, 0.5) is 0 Å². The van der Waals surface area contributed by atoms with E-state index < -0.39 is 0 Å². The summed E-state index contributed by atoms with van der Waals surface area (Å²) in [7, 11) is 0. The van der Waals surface area contributed by atoms with Gasteiger partial charge in [-0.1, -0.05) is 43.2 Å². The van der Waals surface area contributed by atoms with E-state index in [0.717, 1.165) is 29.1 Å². The van der Waals surface area contributed by atoms with Crippen LogP contribution in [0.1, 0.15) is 43.2 Å². The van der Waals surface area contributed by atoms with Gasteiger partial charge in [-0.2, -0.15) is 0 Å². The number of hydrogen-bond donors (Lipinski definition) is 2. The van der Waals surface area contributed by atoms with E-state index in [-0.39, 0.29) is 11.9 Å². The number of carbonyl (C=O) groups excluding carboxylic acids is 1. The minimum Gasteiger partial charge on any atom is -0.352 e. The van der Waals surface area contributed by atoms with Crippen molar-refractivity contribution in [3.63, 3.8) is 0 Å². The molecule has 4 nitrogen and oxygen atoms in total. The minimum absolute atomic E-state index is 0.104. The molecule has 2 aromatic rings. The maximum Gasteiger partial charge on any atom is 0.237 e. The zero-order valence-electron chi connectivity index (χ0n) is 14.3. The van der Waals surface area contributed by atoms with Crippen LogP contribution in [-0.2, 0) is 11.3 Å². The van der Waals surface area contributed by atoms with Crippen molar-refractivity contribution in [3.8, 4) is 10.6 Å². The Labute approximate surface area is 147 Å². The van der Waals surface area contributed by atoms with Crippen LogP contribution in [0.3, 0.4) is 0 Å². The van der Waals surface area contributed by atoms with E-state index in [1.54, 1.807) is 11.3 Å². The Hall–Kier alpha value is -1.72. The molecule has 0 bridgehead atoms. The normalized spacial score (nSPS) is 16.2. The zero-order chi connectivity index (χ0) is 16.9. The number of aromatic nitrogens is 1. The van der Waals surface area contributed by atoms with E-state index in [0.29, 0.717) is 12.6 Å². The first-order valence-corrected chi connectivity index (χ1v) is 9.50. The Morgan fingerprint density at radius 3 is 2.71 bits per heavy atom. The number of nitrogens with one attached hydrogen (secondary N) is 2. The molecule has 0 radical (unpaired) electrons. The van der Waals surface area contributed by atoms with Gasteiger partial charge in [-0.15, -0.1) is 11.3 Å². The summed E-state index contributed by atoms with van der Waals surface area (Å²) in [5.41, 5.74) is 2.18. The fraction of sp³-hybridized carbons (Fsp3) is 0.474. The number of thiazole rings is 1. The van der Waals surface area contributed by atoms with Crippen LogP contribution < -0.4 is 10.6 Å². The maximum absolute atomic E-state index is 12.2. The van der Waals surface area contributed by atoms with Gasteiger partial charge >= 0.3 is 0 Å². The largest absolute Gasteiger partial charge is 0.352 e. The predicted octanol–water partition coefficient (Wildman–Crippen LogP) is 3.66. The van der Waals surface area contributed by atoms with E-state index in [1.807, 2.05) is 32.0 Å². The van der Waals surface area contributed by atoms with Crippen LogP contribution in [-0.4, -0.2) is 23.0 Å². The van der Waals surface area contributed by atoms with E-state index in [1.165, 1.54) is 17.7 Å². The van der Waals surface area contributed by atoms with Gasteiger partial charge in [-0.05, 0) is 26.7 Å². The lowest BCUT2D eigenvalue weighted by Crippen LogP contribution is -2.45. The van der Waals surface area contributed by atoms with Crippen LogP contribution in [0.15, 0.2) is 30.3 Å². The second-order valence-electron chi connectivity index (χ2n) is 6.49. The molecule has 2 N–H and O–H groups in total. The molecule has 1 aliphatic carbocycles. The fourth-order valence-corrected chi connectivity index (χ4v) is 4.05. The third-order valence-electron chi connectivity index (χ3n) is 4.58. The third-order valence-corrected chi connectivity index (χ3v) is 5.78. The van der Waals surface area contributed by atoms with Crippen LogP contribution >= 0.6 is 11.3 Å². The highest BCUT2D eigenvalue weighted by atomic mass is 32.1. The number of benzene rings is 1. The molecule has 5 heteroatoms. The summed E-state index contributed by atoms with van der Waals surface area (Å²) < 4.78 is 0.